The molecule has 16 heavy (non-hydrogen) atoms. The summed E-state index contributed by atoms with van der Waals surface area (Å²) in [7, 11) is 0. The van der Waals surface area contributed by atoms with E-state index in [1.54, 1.807) is 0 Å². The zero-order chi connectivity index (χ0) is 11.0. The van der Waals surface area contributed by atoms with Crippen LogP contribution in [-0.4, -0.2) is 29.6 Å². The van der Waals surface area contributed by atoms with E-state index < -0.39 is 0 Å². The predicted molar refractivity (Wildman–Crippen MR) is 62.9 cm³/mol. The minimum absolute atomic E-state index is 0.139. The van der Waals surface area contributed by atoms with Crippen LogP contribution in [0.5, 0.6) is 0 Å². The summed E-state index contributed by atoms with van der Waals surface area (Å²) < 4.78 is 0. The average Bonchev–Trinajstić information content (AvgIpc) is 2.90. The van der Waals surface area contributed by atoms with Gasteiger partial charge in [-0.15, -0.1) is 0 Å². The van der Waals surface area contributed by atoms with Crippen molar-refractivity contribution in [2.24, 2.45) is 5.92 Å². The lowest BCUT2D eigenvalue weighted by Crippen LogP contribution is -2.43. The Morgan fingerprint density at radius 2 is 2.06 bits per heavy atom. The number of hydrogen-bond donors (Lipinski definition) is 1. The molecule has 1 spiro atoms. The van der Waals surface area contributed by atoms with E-state index in [1.165, 1.54) is 38.5 Å². The molecule has 90 valence electrons. The molecule has 0 aromatic carbocycles. The molecule has 3 rings (SSSR count). The van der Waals surface area contributed by atoms with Crippen molar-refractivity contribution in [1.29, 1.82) is 0 Å². The van der Waals surface area contributed by atoms with E-state index in [1.807, 2.05) is 4.90 Å². The summed E-state index contributed by atoms with van der Waals surface area (Å²) in [5.74, 6) is 1.38. The lowest BCUT2D eigenvalue weighted by Gasteiger charge is -2.21. The van der Waals surface area contributed by atoms with E-state index in [4.69, 9.17) is 0 Å². The van der Waals surface area contributed by atoms with Crippen LogP contribution < -0.4 is 5.32 Å². The van der Waals surface area contributed by atoms with Gasteiger partial charge in [0.1, 0.15) is 0 Å². The van der Waals surface area contributed by atoms with Gasteiger partial charge in [-0.1, -0.05) is 25.7 Å². The Balaban J connectivity index is 1.50. The minimum Gasteiger partial charge on any atom is -0.328 e. The molecule has 1 N–H and O–H groups in total. The van der Waals surface area contributed by atoms with E-state index >= 15 is 0 Å². The second-order valence-electron chi connectivity index (χ2n) is 5.78. The molecule has 2 saturated carbocycles. The van der Waals surface area contributed by atoms with Crippen LogP contribution in [0.4, 0.5) is 0 Å². The molecule has 0 aromatic rings. The van der Waals surface area contributed by atoms with Gasteiger partial charge in [0.2, 0.25) is 5.91 Å². The quantitative estimate of drug-likeness (QED) is 0.787. The van der Waals surface area contributed by atoms with Crippen molar-refractivity contribution in [1.82, 2.24) is 10.2 Å². The van der Waals surface area contributed by atoms with Gasteiger partial charge in [-0.05, 0) is 31.6 Å². The van der Waals surface area contributed by atoms with Crippen LogP contribution in [0.25, 0.3) is 0 Å². The van der Waals surface area contributed by atoms with Crippen molar-refractivity contribution in [3.63, 3.8) is 0 Å². The smallest absolute Gasteiger partial charge is 0.243 e. The predicted octanol–water partition coefficient (Wildman–Crippen LogP) is 1.88. The molecule has 2 aliphatic carbocycles. The molecule has 3 aliphatic rings. The molecule has 0 radical (unpaired) electrons. The molecule has 0 bridgehead atoms. The van der Waals surface area contributed by atoms with Gasteiger partial charge in [0.15, 0.2) is 0 Å². The van der Waals surface area contributed by atoms with E-state index in [-0.39, 0.29) is 5.54 Å². The second kappa shape index (κ2) is 4.02. The van der Waals surface area contributed by atoms with Crippen molar-refractivity contribution in [2.75, 3.05) is 13.2 Å². The maximum atomic E-state index is 12.3. The van der Waals surface area contributed by atoms with Crippen LogP contribution in [0.1, 0.15) is 51.4 Å². The van der Waals surface area contributed by atoms with Crippen molar-refractivity contribution in [2.45, 2.75) is 56.9 Å². The average molecular weight is 222 g/mol. The molecular weight excluding hydrogens is 200 g/mol. The summed E-state index contributed by atoms with van der Waals surface area (Å²) in [5.41, 5.74) is -0.139. The van der Waals surface area contributed by atoms with Crippen LogP contribution >= 0.6 is 0 Å². The highest BCUT2D eigenvalue weighted by Gasteiger charge is 2.47. The first-order valence-corrected chi connectivity index (χ1v) is 6.85. The van der Waals surface area contributed by atoms with Crippen LogP contribution in [-0.2, 0) is 4.79 Å². The lowest BCUT2D eigenvalue weighted by atomic mass is 9.98. The zero-order valence-corrected chi connectivity index (χ0v) is 10.0. The summed E-state index contributed by atoms with van der Waals surface area (Å²) in [5, 5.41) is 3.46. The van der Waals surface area contributed by atoms with Crippen molar-refractivity contribution >= 4 is 5.91 Å². The van der Waals surface area contributed by atoms with E-state index in [2.05, 4.69) is 5.32 Å². The van der Waals surface area contributed by atoms with E-state index in [0.717, 1.165) is 32.0 Å². The van der Waals surface area contributed by atoms with Gasteiger partial charge in [-0.25, -0.2) is 0 Å². The molecule has 1 heterocycles. The normalized spacial score (nSPS) is 28.2. The van der Waals surface area contributed by atoms with Gasteiger partial charge in [0.25, 0.3) is 0 Å². The van der Waals surface area contributed by atoms with Gasteiger partial charge >= 0.3 is 0 Å². The summed E-state index contributed by atoms with van der Waals surface area (Å²) in [6.45, 7) is 1.77. The van der Waals surface area contributed by atoms with Crippen molar-refractivity contribution < 1.29 is 4.79 Å². The first kappa shape index (κ1) is 10.6. The van der Waals surface area contributed by atoms with Gasteiger partial charge in [0, 0.05) is 6.54 Å². The molecule has 0 aromatic heterocycles. The maximum Gasteiger partial charge on any atom is 0.243 e. The molecule has 1 saturated heterocycles. The number of amides is 1. The van der Waals surface area contributed by atoms with Crippen molar-refractivity contribution in [3.8, 4) is 0 Å². The zero-order valence-electron chi connectivity index (χ0n) is 10.0. The Hall–Kier alpha value is -0.570. The van der Waals surface area contributed by atoms with Gasteiger partial charge < -0.3 is 4.90 Å². The summed E-state index contributed by atoms with van der Waals surface area (Å²) in [6, 6.07) is 0. The number of nitrogens with one attached hydrogen (secondary N) is 1. The van der Waals surface area contributed by atoms with Crippen LogP contribution in [0.3, 0.4) is 0 Å². The summed E-state index contributed by atoms with van der Waals surface area (Å²) in [4.78, 5) is 14.3. The highest BCUT2D eigenvalue weighted by molar-refractivity contribution is 5.88. The number of carbonyl (C=O) groups excluding carboxylic acids is 1. The van der Waals surface area contributed by atoms with Crippen LogP contribution in [0.2, 0.25) is 0 Å². The van der Waals surface area contributed by atoms with E-state index in [9.17, 15) is 4.79 Å². The Morgan fingerprint density at radius 3 is 2.75 bits per heavy atom. The topological polar surface area (TPSA) is 32.3 Å². The molecule has 0 atom stereocenters. The van der Waals surface area contributed by atoms with Gasteiger partial charge in [-0.2, -0.15) is 0 Å². The van der Waals surface area contributed by atoms with Crippen LogP contribution in [0.15, 0.2) is 0 Å². The summed E-state index contributed by atoms with van der Waals surface area (Å²) in [6.07, 6.45) is 9.94. The Morgan fingerprint density at radius 1 is 1.31 bits per heavy atom. The number of carbonyl (C=O) groups is 1. The number of hydrogen-bond acceptors (Lipinski definition) is 2. The van der Waals surface area contributed by atoms with Crippen molar-refractivity contribution in [3.05, 3.63) is 0 Å². The Kier molecular flexibility index (Phi) is 2.66. The molecular formula is C13H22N2O. The fourth-order valence-electron chi connectivity index (χ4n) is 3.22. The minimum atomic E-state index is -0.139. The third-order valence-electron chi connectivity index (χ3n) is 4.50. The number of rotatable bonds is 4. The maximum absolute atomic E-state index is 12.3. The highest BCUT2D eigenvalue weighted by Crippen LogP contribution is 2.36. The fourth-order valence-corrected chi connectivity index (χ4v) is 3.22. The number of nitrogens with zero attached hydrogens (tertiary/aromatic N) is 1. The first-order valence-electron chi connectivity index (χ1n) is 6.85. The molecule has 1 amide bonds. The first-order chi connectivity index (χ1) is 7.80. The standard InChI is InChI=1S/C13H22N2O/c16-12-13(7-1-2-8-13)14-10-15(12)9-3-4-11-5-6-11/h11,14H,1-10H2. The largest absolute Gasteiger partial charge is 0.328 e. The molecule has 1 aliphatic heterocycles. The fraction of sp³-hybridized carbons (Fsp3) is 0.923. The Bertz CT molecular complexity index is 280. The molecule has 0 unspecified atom stereocenters. The third kappa shape index (κ3) is 1.86. The third-order valence-corrected chi connectivity index (χ3v) is 4.50. The second-order valence-corrected chi connectivity index (χ2v) is 5.78. The van der Waals surface area contributed by atoms with Crippen LogP contribution in [0, 0.1) is 5.92 Å². The van der Waals surface area contributed by atoms with Gasteiger partial charge in [0.05, 0.1) is 12.2 Å². The highest BCUT2D eigenvalue weighted by atomic mass is 16.2. The van der Waals surface area contributed by atoms with Gasteiger partial charge in [-0.3, -0.25) is 10.1 Å². The lowest BCUT2D eigenvalue weighted by molar-refractivity contribution is -0.132. The van der Waals surface area contributed by atoms with E-state index in [0.29, 0.717) is 5.91 Å². The molecule has 3 heteroatoms. The summed E-state index contributed by atoms with van der Waals surface area (Å²) >= 11 is 0. The molecule has 3 fully saturated rings. The Labute approximate surface area is 97.6 Å². The SMILES string of the molecule is O=C1N(CCCC2CC2)CNC12CCCC2. The molecule has 3 nitrogen and oxygen atoms in total. The monoisotopic (exact) mass is 222 g/mol.